The number of anilines is 1. The molecular formula is C15H18N2. The lowest BCUT2D eigenvalue weighted by Gasteiger charge is -2.11. The van der Waals surface area contributed by atoms with Gasteiger partial charge in [0.2, 0.25) is 0 Å². The van der Waals surface area contributed by atoms with Crippen LogP contribution in [0, 0.1) is 13.8 Å². The molecule has 0 atom stereocenters. The molecule has 0 unspecified atom stereocenters. The fourth-order valence-corrected chi connectivity index (χ4v) is 2.52. The summed E-state index contributed by atoms with van der Waals surface area (Å²) in [6.07, 6.45) is 3.65. The van der Waals surface area contributed by atoms with Crippen molar-refractivity contribution in [3.8, 4) is 0 Å². The van der Waals surface area contributed by atoms with Gasteiger partial charge in [0.05, 0.1) is 5.52 Å². The number of pyridine rings is 1. The number of fused-ring (bicyclic) bond motifs is 2. The van der Waals surface area contributed by atoms with Gasteiger partial charge in [-0.3, -0.25) is 0 Å². The van der Waals surface area contributed by atoms with E-state index >= 15 is 0 Å². The van der Waals surface area contributed by atoms with Crippen LogP contribution >= 0.6 is 0 Å². The highest BCUT2D eigenvalue weighted by molar-refractivity contribution is 5.85. The Morgan fingerprint density at radius 2 is 2.06 bits per heavy atom. The molecule has 1 aromatic heterocycles. The summed E-state index contributed by atoms with van der Waals surface area (Å²) in [4.78, 5) is 4.82. The minimum Gasteiger partial charge on any atom is -0.370 e. The van der Waals surface area contributed by atoms with Crippen LogP contribution in [0.4, 0.5) is 5.82 Å². The fraction of sp³-hybridized carbons (Fsp3) is 0.400. The Morgan fingerprint density at radius 1 is 1.18 bits per heavy atom. The van der Waals surface area contributed by atoms with Crippen LogP contribution in [0.15, 0.2) is 18.2 Å². The van der Waals surface area contributed by atoms with Crippen LogP contribution in [0.1, 0.15) is 29.5 Å². The van der Waals surface area contributed by atoms with Gasteiger partial charge in [0.25, 0.3) is 0 Å². The molecule has 0 saturated heterocycles. The number of benzene rings is 1. The van der Waals surface area contributed by atoms with E-state index in [0.29, 0.717) is 0 Å². The Hall–Kier alpha value is -1.57. The van der Waals surface area contributed by atoms with Crippen LogP contribution < -0.4 is 5.32 Å². The Labute approximate surface area is 102 Å². The van der Waals surface area contributed by atoms with Crippen molar-refractivity contribution in [3.63, 3.8) is 0 Å². The lowest BCUT2D eigenvalue weighted by atomic mass is 10.0. The first-order chi connectivity index (χ1) is 8.25. The molecule has 88 valence electrons. The predicted molar refractivity (Wildman–Crippen MR) is 72.6 cm³/mol. The molecule has 1 aromatic carbocycles. The molecule has 17 heavy (non-hydrogen) atoms. The lowest BCUT2D eigenvalue weighted by molar-refractivity contribution is 0.786. The van der Waals surface area contributed by atoms with E-state index in [2.05, 4.69) is 37.4 Å². The molecule has 0 aliphatic carbocycles. The van der Waals surface area contributed by atoms with Crippen LogP contribution in [0.2, 0.25) is 0 Å². The number of hydrogen-bond donors (Lipinski definition) is 1. The van der Waals surface area contributed by atoms with Crippen molar-refractivity contribution < 1.29 is 0 Å². The van der Waals surface area contributed by atoms with E-state index in [1.165, 1.54) is 34.9 Å². The van der Waals surface area contributed by atoms with Gasteiger partial charge in [0.1, 0.15) is 5.82 Å². The van der Waals surface area contributed by atoms with Crippen molar-refractivity contribution >= 4 is 16.7 Å². The number of aromatic nitrogens is 1. The summed E-state index contributed by atoms with van der Waals surface area (Å²) in [7, 11) is 0. The summed E-state index contributed by atoms with van der Waals surface area (Å²) >= 11 is 0. The summed E-state index contributed by atoms with van der Waals surface area (Å²) in [6, 6.07) is 6.69. The molecule has 0 bridgehead atoms. The second kappa shape index (κ2) is 4.02. The number of nitrogens with one attached hydrogen (secondary N) is 1. The summed E-state index contributed by atoms with van der Waals surface area (Å²) in [6.45, 7) is 5.36. The smallest absolute Gasteiger partial charge is 0.129 e. The van der Waals surface area contributed by atoms with Crippen molar-refractivity contribution in [2.24, 2.45) is 0 Å². The average Bonchev–Trinajstić information content (AvgIpc) is 2.57. The van der Waals surface area contributed by atoms with Gasteiger partial charge in [-0.15, -0.1) is 0 Å². The van der Waals surface area contributed by atoms with Crippen molar-refractivity contribution in [1.82, 2.24) is 4.98 Å². The Kier molecular flexibility index (Phi) is 2.50. The summed E-state index contributed by atoms with van der Waals surface area (Å²) in [5, 5.41) is 4.73. The highest BCUT2D eigenvalue weighted by Gasteiger charge is 2.11. The molecule has 2 nitrogen and oxygen atoms in total. The van der Waals surface area contributed by atoms with E-state index in [1.54, 1.807) is 0 Å². The van der Waals surface area contributed by atoms with Crippen molar-refractivity contribution in [2.75, 3.05) is 11.9 Å². The zero-order valence-corrected chi connectivity index (χ0v) is 10.5. The minimum atomic E-state index is 1.05. The molecule has 1 aliphatic heterocycles. The highest BCUT2D eigenvalue weighted by atomic mass is 15.0. The van der Waals surface area contributed by atoms with Crippen LogP contribution in [-0.2, 0) is 6.42 Å². The van der Waals surface area contributed by atoms with Gasteiger partial charge in [0, 0.05) is 11.9 Å². The molecule has 0 fully saturated rings. The van der Waals surface area contributed by atoms with Gasteiger partial charge in [-0.2, -0.15) is 0 Å². The highest BCUT2D eigenvalue weighted by Crippen LogP contribution is 2.27. The number of nitrogens with zero attached hydrogens (tertiary/aromatic N) is 1. The van der Waals surface area contributed by atoms with Crippen LogP contribution in [0.25, 0.3) is 10.9 Å². The SMILES string of the molecule is Cc1ccc2cc3c(nc2c1C)NCCCC3. The molecule has 2 heteroatoms. The fourth-order valence-electron chi connectivity index (χ4n) is 2.52. The van der Waals surface area contributed by atoms with Gasteiger partial charge < -0.3 is 5.32 Å². The maximum atomic E-state index is 4.82. The Bertz CT molecular complexity index is 573. The molecule has 1 aliphatic rings. The third-order valence-corrected chi connectivity index (χ3v) is 3.76. The largest absolute Gasteiger partial charge is 0.370 e. The number of rotatable bonds is 0. The van der Waals surface area contributed by atoms with Gasteiger partial charge in [0.15, 0.2) is 0 Å². The van der Waals surface area contributed by atoms with Gasteiger partial charge >= 0.3 is 0 Å². The van der Waals surface area contributed by atoms with E-state index in [9.17, 15) is 0 Å². The second-order valence-electron chi connectivity index (χ2n) is 4.96. The van der Waals surface area contributed by atoms with Crippen LogP contribution in [-0.4, -0.2) is 11.5 Å². The summed E-state index contributed by atoms with van der Waals surface area (Å²) in [5.41, 5.74) is 5.14. The standard InChI is InChI=1S/C15H18N2/c1-10-6-7-12-9-13-5-3-4-8-16-15(13)17-14(12)11(10)2/h6-7,9H,3-5,8H2,1-2H3,(H,16,17). The molecule has 1 N–H and O–H groups in total. The predicted octanol–water partition coefficient (Wildman–Crippen LogP) is 3.60. The number of aryl methyl sites for hydroxylation is 3. The molecule has 0 amide bonds. The van der Waals surface area contributed by atoms with E-state index in [0.717, 1.165) is 24.3 Å². The summed E-state index contributed by atoms with van der Waals surface area (Å²) < 4.78 is 0. The van der Waals surface area contributed by atoms with Crippen molar-refractivity contribution in [1.29, 1.82) is 0 Å². The molecular weight excluding hydrogens is 208 g/mol. The molecule has 0 radical (unpaired) electrons. The summed E-state index contributed by atoms with van der Waals surface area (Å²) in [5.74, 6) is 1.10. The third kappa shape index (κ3) is 1.78. The van der Waals surface area contributed by atoms with E-state index in [1.807, 2.05) is 0 Å². The first kappa shape index (κ1) is 10.6. The number of hydrogen-bond acceptors (Lipinski definition) is 2. The molecule has 0 saturated carbocycles. The minimum absolute atomic E-state index is 1.05. The lowest BCUT2D eigenvalue weighted by Crippen LogP contribution is -2.02. The first-order valence-corrected chi connectivity index (χ1v) is 6.39. The first-order valence-electron chi connectivity index (χ1n) is 6.39. The van der Waals surface area contributed by atoms with Crippen molar-refractivity contribution in [2.45, 2.75) is 33.1 Å². The van der Waals surface area contributed by atoms with Gasteiger partial charge in [-0.05, 0) is 55.9 Å². The zero-order valence-electron chi connectivity index (χ0n) is 10.5. The van der Waals surface area contributed by atoms with E-state index < -0.39 is 0 Å². The van der Waals surface area contributed by atoms with E-state index in [4.69, 9.17) is 4.98 Å². The normalized spacial score (nSPS) is 15.2. The van der Waals surface area contributed by atoms with E-state index in [-0.39, 0.29) is 0 Å². The molecule has 0 spiro atoms. The maximum Gasteiger partial charge on any atom is 0.129 e. The monoisotopic (exact) mass is 226 g/mol. The zero-order chi connectivity index (χ0) is 11.8. The van der Waals surface area contributed by atoms with Crippen molar-refractivity contribution in [3.05, 3.63) is 34.9 Å². The van der Waals surface area contributed by atoms with Crippen LogP contribution in [0.3, 0.4) is 0 Å². The van der Waals surface area contributed by atoms with Crippen LogP contribution in [0.5, 0.6) is 0 Å². The average molecular weight is 226 g/mol. The maximum absolute atomic E-state index is 4.82. The Balaban J connectivity index is 2.26. The molecule has 2 heterocycles. The van der Waals surface area contributed by atoms with Gasteiger partial charge in [-0.25, -0.2) is 4.98 Å². The third-order valence-electron chi connectivity index (χ3n) is 3.76. The topological polar surface area (TPSA) is 24.9 Å². The van der Waals surface area contributed by atoms with Gasteiger partial charge in [-0.1, -0.05) is 12.1 Å². The second-order valence-corrected chi connectivity index (χ2v) is 4.96. The molecule has 2 aromatic rings. The Morgan fingerprint density at radius 3 is 2.94 bits per heavy atom. The quantitative estimate of drug-likeness (QED) is 0.742. The molecule has 3 rings (SSSR count).